The Hall–Kier alpha value is -2.08. The quantitative estimate of drug-likeness (QED) is 0.517. The maximum absolute atomic E-state index is 6.12. The summed E-state index contributed by atoms with van der Waals surface area (Å²) in [5.41, 5.74) is 3.15. The van der Waals surface area contributed by atoms with Gasteiger partial charge in [-0.3, -0.25) is 0 Å². The summed E-state index contributed by atoms with van der Waals surface area (Å²) in [6.07, 6.45) is 3.48. The molecule has 0 atom stereocenters. The fraction of sp³-hybridized carbons (Fsp3) is 0. The Bertz CT molecular complexity index is 1000. The van der Waals surface area contributed by atoms with E-state index in [1.807, 2.05) is 30.3 Å². The van der Waals surface area contributed by atoms with Crippen LogP contribution < -0.4 is 0 Å². The van der Waals surface area contributed by atoms with Crippen molar-refractivity contribution in [1.29, 1.82) is 0 Å². The molecule has 0 amide bonds. The van der Waals surface area contributed by atoms with Crippen molar-refractivity contribution in [2.24, 2.45) is 0 Å². The van der Waals surface area contributed by atoms with Crippen molar-refractivity contribution >= 4 is 46.0 Å². The topological polar surface area (TPSA) is 54.5 Å². The first-order chi connectivity index (χ1) is 11.7. The number of halogens is 2. The van der Waals surface area contributed by atoms with Crippen LogP contribution in [0.2, 0.25) is 10.0 Å². The molecule has 0 aliphatic heterocycles. The van der Waals surface area contributed by atoms with Crippen LogP contribution in [0.25, 0.3) is 22.3 Å². The lowest BCUT2D eigenvalue weighted by Gasteiger charge is -2.09. The van der Waals surface area contributed by atoms with Crippen LogP contribution in [-0.2, 0) is 0 Å². The SMILES string of the molecule is Clc1cc2nc(Sc3ncc[nH]3)c(-c3ccccc3)nc2cc1Cl. The Morgan fingerprint density at radius 1 is 0.917 bits per heavy atom. The predicted octanol–water partition coefficient (Wildman–Crippen LogP) is 5.48. The fourth-order valence-electron chi connectivity index (χ4n) is 2.29. The zero-order valence-electron chi connectivity index (χ0n) is 12.2. The van der Waals surface area contributed by atoms with Gasteiger partial charge < -0.3 is 4.98 Å². The number of aromatic amines is 1. The van der Waals surface area contributed by atoms with E-state index < -0.39 is 0 Å². The van der Waals surface area contributed by atoms with Crippen molar-refractivity contribution in [2.45, 2.75) is 10.2 Å². The third-order valence-corrected chi connectivity index (χ3v) is 5.00. The van der Waals surface area contributed by atoms with Crippen LogP contribution in [0.3, 0.4) is 0 Å². The molecule has 118 valence electrons. The maximum atomic E-state index is 6.12. The highest BCUT2D eigenvalue weighted by Crippen LogP contribution is 2.35. The summed E-state index contributed by atoms with van der Waals surface area (Å²) < 4.78 is 0. The van der Waals surface area contributed by atoms with Gasteiger partial charge in [0.1, 0.15) is 10.7 Å². The Morgan fingerprint density at radius 2 is 1.62 bits per heavy atom. The molecular formula is C17H10Cl2N4S. The third kappa shape index (κ3) is 2.98. The molecule has 1 N–H and O–H groups in total. The minimum Gasteiger partial charge on any atom is -0.339 e. The minimum absolute atomic E-state index is 0.458. The normalized spacial score (nSPS) is 11.1. The van der Waals surface area contributed by atoms with Crippen LogP contribution in [0, 0.1) is 0 Å². The molecular weight excluding hydrogens is 363 g/mol. The van der Waals surface area contributed by atoms with Crippen molar-refractivity contribution in [3.8, 4) is 11.3 Å². The maximum Gasteiger partial charge on any atom is 0.171 e. The van der Waals surface area contributed by atoms with E-state index in [1.165, 1.54) is 11.8 Å². The summed E-state index contributed by atoms with van der Waals surface area (Å²) in [6, 6.07) is 13.4. The van der Waals surface area contributed by atoms with Gasteiger partial charge in [-0.25, -0.2) is 15.0 Å². The van der Waals surface area contributed by atoms with Crippen LogP contribution in [0.5, 0.6) is 0 Å². The van der Waals surface area contributed by atoms with E-state index in [-0.39, 0.29) is 0 Å². The third-order valence-electron chi connectivity index (χ3n) is 3.39. The highest BCUT2D eigenvalue weighted by atomic mass is 35.5. The largest absolute Gasteiger partial charge is 0.339 e. The van der Waals surface area contributed by atoms with Crippen LogP contribution in [0.15, 0.2) is 65.0 Å². The Balaban J connectivity index is 1.94. The zero-order chi connectivity index (χ0) is 16.5. The zero-order valence-corrected chi connectivity index (χ0v) is 14.5. The van der Waals surface area contributed by atoms with E-state index in [1.54, 1.807) is 24.5 Å². The van der Waals surface area contributed by atoms with E-state index in [4.69, 9.17) is 33.2 Å². The molecule has 2 aromatic heterocycles. The molecule has 2 heterocycles. The van der Waals surface area contributed by atoms with E-state index in [2.05, 4.69) is 9.97 Å². The molecule has 0 saturated carbocycles. The monoisotopic (exact) mass is 372 g/mol. The number of benzene rings is 2. The molecule has 0 radical (unpaired) electrons. The molecule has 24 heavy (non-hydrogen) atoms. The van der Waals surface area contributed by atoms with E-state index in [9.17, 15) is 0 Å². The second kappa shape index (κ2) is 6.43. The average molecular weight is 373 g/mol. The summed E-state index contributed by atoms with van der Waals surface area (Å²) in [6.45, 7) is 0. The van der Waals surface area contributed by atoms with Crippen molar-refractivity contribution in [3.05, 3.63) is 64.9 Å². The van der Waals surface area contributed by atoms with Crippen LogP contribution >= 0.6 is 35.0 Å². The summed E-state index contributed by atoms with van der Waals surface area (Å²) >= 11 is 13.7. The van der Waals surface area contributed by atoms with Gasteiger partial charge in [0.05, 0.1) is 21.1 Å². The first kappa shape index (κ1) is 15.4. The van der Waals surface area contributed by atoms with Gasteiger partial charge in [-0.2, -0.15) is 0 Å². The summed E-state index contributed by atoms with van der Waals surface area (Å²) in [7, 11) is 0. The highest BCUT2D eigenvalue weighted by Gasteiger charge is 2.14. The molecule has 0 aliphatic rings. The molecule has 4 aromatic rings. The molecule has 0 spiro atoms. The van der Waals surface area contributed by atoms with Gasteiger partial charge in [0.2, 0.25) is 0 Å². The van der Waals surface area contributed by atoms with Crippen LogP contribution in [-0.4, -0.2) is 19.9 Å². The molecule has 0 saturated heterocycles. The lowest BCUT2D eigenvalue weighted by molar-refractivity contribution is 1.04. The lowest BCUT2D eigenvalue weighted by Crippen LogP contribution is -1.94. The molecule has 7 heteroatoms. The van der Waals surface area contributed by atoms with Crippen molar-refractivity contribution < 1.29 is 0 Å². The molecule has 0 unspecified atom stereocenters. The van der Waals surface area contributed by atoms with E-state index in [0.717, 1.165) is 21.4 Å². The second-order valence-corrected chi connectivity index (χ2v) is 6.79. The Labute approximate surface area is 152 Å². The molecule has 4 nitrogen and oxygen atoms in total. The van der Waals surface area contributed by atoms with Crippen LogP contribution in [0.1, 0.15) is 0 Å². The number of hydrogen-bond donors (Lipinski definition) is 1. The van der Waals surface area contributed by atoms with Gasteiger partial charge in [-0.1, -0.05) is 53.5 Å². The van der Waals surface area contributed by atoms with Gasteiger partial charge in [-0.15, -0.1) is 0 Å². The van der Waals surface area contributed by atoms with Gasteiger partial charge in [0, 0.05) is 18.0 Å². The summed E-state index contributed by atoms with van der Waals surface area (Å²) in [4.78, 5) is 16.8. The lowest BCUT2D eigenvalue weighted by atomic mass is 10.1. The number of nitrogens with zero attached hydrogens (tertiary/aromatic N) is 3. The fourth-order valence-corrected chi connectivity index (χ4v) is 3.43. The molecule has 0 aliphatic carbocycles. The van der Waals surface area contributed by atoms with Gasteiger partial charge >= 0.3 is 0 Å². The average Bonchev–Trinajstić information content (AvgIpc) is 3.10. The number of nitrogens with one attached hydrogen (secondary N) is 1. The predicted molar refractivity (Wildman–Crippen MR) is 97.7 cm³/mol. The molecule has 2 aromatic carbocycles. The van der Waals surface area contributed by atoms with Crippen molar-refractivity contribution in [1.82, 2.24) is 19.9 Å². The van der Waals surface area contributed by atoms with Gasteiger partial charge in [0.25, 0.3) is 0 Å². The minimum atomic E-state index is 0.458. The number of fused-ring (bicyclic) bond motifs is 1. The number of hydrogen-bond acceptors (Lipinski definition) is 4. The standard InChI is InChI=1S/C17H10Cl2N4S/c18-11-8-13-14(9-12(11)19)23-16(24-17-20-6-7-21-17)15(22-13)10-4-2-1-3-5-10/h1-9H,(H,20,21). The van der Waals surface area contributed by atoms with E-state index in [0.29, 0.717) is 21.1 Å². The Morgan fingerprint density at radius 3 is 2.29 bits per heavy atom. The first-order valence-corrected chi connectivity index (χ1v) is 8.67. The van der Waals surface area contributed by atoms with E-state index >= 15 is 0 Å². The second-order valence-electron chi connectivity index (χ2n) is 4.99. The van der Waals surface area contributed by atoms with Gasteiger partial charge in [-0.05, 0) is 23.9 Å². The Kier molecular flexibility index (Phi) is 4.14. The number of aromatic nitrogens is 4. The van der Waals surface area contributed by atoms with Gasteiger partial charge in [0.15, 0.2) is 5.16 Å². The molecule has 0 bridgehead atoms. The van der Waals surface area contributed by atoms with Crippen molar-refractivity contribution in [2.75, 3.05) is 0 Å². The molecule has 4 rings (SSSR count). The number of imidazole rings is 1. The van der Waals surface area contributed by atoms with Crippen LogP contribution in [0.4, 0.5) is 0 Å². The number of H-pyrrole nitrogens is 1. The smallest absolute Gasteiger partial charge is 0.171 e. The molecule has 0 fully saturated rings. The summed E-state index contributed by atoms with van der Waals surface area (Å²) in [5, 5.41) is 2.42. The number of rotatable bonds is 3. The first-order valence-electron chi connectivity index (χ1n) is 7.10. The highest BCUT2D eigenvalue weighted by molar-refractivity contribution is 7.99. The van der Waals surface area contributed by atoms with Crippen molar-refractivity contribution in [3.63, 3.8) is 0 Å². The summed E-state index contributed by atoms with van der Waals surface area (Å²) in [5.74, 6) is 0.